The number of hydrogen-bond acceptors (Lipinski definition) is 2. The molecular weight excluding hydrogens is 250 g/mol. The van der Waals surface area contributed by atoms with E-state index in [0.717, 1.165) is 24.9 Å². The summed E-state index contributed by atoms with van der Waals surface area (Å²) in [6, 6.07) is 9.33. The van der Waals surface area contributed by atoms with Crippen LogP contribution in [0.3, 0.4) is 0 Å². The maximum atomic E-state index is 11.6. The summed E-state index contributed by atoms with van der Waals surface area (Å²) in [5.74, 6) is 0.565. The Labute approximate surface area is 122 Å². The molecule has 1 rings (SSSR count). The summed E-state index contributed by atoms with van der Waals surface area (Å²) in [7, 11) is 0. The summed E-state index contributed by atoms with van der Waals surface area (Å²) in [6.07, 6.45) is 5.00. The fourth-order valence-electron chi connectivity index (χ4n) is 1.83. The van der Waals surface area contributed by atoms with Crippen LogP contribution in [0.4, 0.5) is 10.5 Å². The van der Waals surface area contributed by atoms with E-state index < -0.39 is 0 Å². The lowest BCUT2D eigenvalue weighted by Crippen LogP contribution is -2.15. The monoisotopic (exact) mass is 275 g/mol. The van der Waals surface area contributed by atoms with Crippen molar-refractivity contribution in [2.75, 3.05) is 11.9 Å². The molecule has 0 aliphatic heterocycles. The Morgan fingerprint density at radius 2 is 1.95 bits per heavy atom. The van der Waals surface area contributed by atoms with Gasteiger partial charge in [-0.05, 0) is 51.2 Å². The number of anilines is 1. The van der Waals surface area contributed by atoms with Gasteiger partial charge in [0, 0.05) is 5.69 Å². The number of amides is 1. The van der Waals surface area contributed by atoms with Crippen LogP contribution in [0.1, 0.15) is 40.0 Å². The van der Waals surface area contributed by atoms with Crippen molar-refractivity contribution in [2.45, 2.75) is 40.0 Å². The first-order valence-corrected chi connectivity index (χ1v) is 7.20. The van der Waals surface area contributed by atoms with Crippen molar-refractivity contribution in [1.82, 2.24) is 0 Å². The quantitative estimate of drug-likeness (QED) is 0.710. The number of benzene rings is 1. The van der Waals surface area contributed by atoms with Crippen molar-refractivity contribution < 1.29 is 9.53 Å². The Kier molecular flexibility index (Phi) is 7.48. The number of ether oxygens (including phenoxy) is 1. The van der Waals surface area contributed by atoms with Crippen molar-refractivity contribution in [1.29, 1.82) is 0 Å². The molecule has 0 saturated carbocycles. The lowest BCUT2D eigenvalue weighted by Gasteiger charge is -2.11. The van der Waals surface area contributed by atoms with Crippen LogP contribution in [-0.4, -0.2) is 12.7 Å². The summed E-state index contributed by atoms with van der Waals surface area (Å²) in [5, 5.41) is 2.70. The number of hydrogen-bond donors (Lipinski definition) is 1. The molecule has 20 heavy (non-hydrogen) atoms. The van der Waals surface area contributed by atoms with Crippen LogP contribution in [0.25, 0.3) is 0 Å². The lowest BCUT2D eigenvalue weighted by molar-refractivity contribution is 0.153. The van der Waals surface area contributed by atoms with Gasteiger partial charge in [0.05, 0.1) is 6.61 Å². The molecular formula is C17H25NO2. The van der Waals surface area contributed by atoms with Crippen LogP contribution < -0.4 is 5.32 Å². The fourth-order valence-corrected chi connectivity index (χ4v) is 1.83. The molecule has 0 radical (unpaired) electrons. The van der Waals surface area contributed by atoms with E-state index in [-0.39, 0.29) is 6.09 Å². The third-order valence-corrected chi connectivity index (χ3v) is 3.08. The fraction of sp³-hybridized carbons (Fsp3) is 0.471. The van der Waals surface area contributed by atoms with Crippen molar-refractivity contribution >= 4 is 11.8 Å². The zero-order valence-corrected chi connectivity index (χ0v) is 12.7. The Morgan fingerprint density at radius 3 is 2.60 bits per heavy atom. The van der Waals surface area contributed by atoms with Crippen molar-refractivity contribution in [3.8, 4) is 0 Å². The minimum Gasteiger partial charge on any atom is -0.449 e. The van der Waals surface area contributed by atoms with Gasteiger partial charge in [-0.1, -0.05) is 36.8 Å². The minimum absolute atomic E-state index is 0.382. The second-order valence-corrected chi connectivity index (χ2v) is 5.38. The Balaban J connectivity index is 2.14. The van der Waals surface area contributed by atoms with Crippen LogP contribution >= 0.6 is 0 Å². The molecule has 0 aromatic heterocycles. The van der Waals surface area contributed by atoms with Gasteiger partial charge >= 0.3 is 6.09 Å². The van der Waals surface area contributed by atoms with Gasteiger partial charge in [0.1, 0.15) is 0 Å². The summed E-state index contributed by atoms with van der Waals surface area (Å²) in [5.41, 5.74) is 2.12. The van der Waals surface area contributed by atoms with Crippen LogP contribution in [0.5, 0.6) is 0 Å². The molecule has 1 aromatic carbocycles. The van der Waals surface area contributed by atoms with Gasteiger partial charge in [-0.3, -0.25) is 5.32 Å². The van der Waals surface area contributed by atoms with E-state index in [1.807, 2.05) is 30.3 Å². The third-order valence-electron chi connectivity index (χ3n) is 3.08. The van der Waals surface area contributed by atoms with Crippen LogP contribution in [0.2, 0.25) is 0 Å². The molecule has 1 aromatic rings. The molecule has 0 aliphatic carbocycles. The second kappa shape index (κ2) is 9.18. The van der Waals surface area contributed by atoms with Gasteiger partial charge in [0.25, 0.3) is 0 Å². The minimum atomic E-state index is -0.382. The number of rotatable bonds is 7. The highest BCUT2D eigenvalue weighted by Gasteiger charge is 2.05. The largest absolute Gasteiger partial charge is 0.449 e. The molecule has 0 spiro atoms. The number of nitrogens with one attached hydrogen (secondary N) is 1. The van der Waals surface area contributed by atoms with E-state index in [4.69, 9.17) is 4.74 Å². The summed E-state index contributed by atoms with van der Waals surface area (Å²) >= 11 is 0. The predicted octanol–water partition coefficient (Wildman–Crippen LogP) is 5.01. The molecule has 0 fully saturated rings. The van der Waals surface area contributed by atoms with Crippen LogP contribution in [0, 0.1) is 5.92 Å². The van der Waals surface area contributed by atoms with Gasteiger partial charge in [-0.15, -0.1) is 0 Å². The maximum absolute atomic E-state index is 11.6. The molecule has 3 heteroatoms. The summed E-state index contributed by atoms with van der Waals surface area (Å²) in [4.78, 5) is 11.6. The Morgan fingerprint density at radius 1 is 1.25 bits per heavy atom. The molecule has 1 atom stereocenters. The van der Waals surface area contributed by atoms with Crippen molar-refractivity contribution in [3.63, 3.8) is 0 Å². The zero-order valence-electron chi connectivity index (χ0n) is 12.7. The number of carbonyl (C=O) groups excluding carboxylic acids is 1. The first-order valence-electron chi connectivity index (χ1n) is 7.20. The number of para-hydroxylation sites is 1. The highest BCUT2D eigenvalue weighted by atomic mass is 16.5. The molecule has 0 bridgehead atoms. The molecule has 0 aliphatic rings. The van der Waals surface area contributed by atoms with Gasteiger partial charge in [0.2, 0.25) is 0 Å². The van der Waals surface area contributed by atoms with E-state index in [9.17, 15) is 4.79 Å². The van der Waals surface area contributed by atoms with Crippen LogP contribution in [-0.2, 0) is 4.74 Å². The first-order chi connectivity index (χ1) is 9.58. The highest BCUT2D eigenvalue weighted by Crippen LogP contribution is 2.12. The Bertz CT molecular complexity index is 422. The Hall–Kier alpha value is -1.77. The lowest BCUT2D eigenvalue weighted by atomic mass is 10.0. The summed E-state index contributed by atoms with van der Waals surface area (Å²) < 4.78 is 5.18. The smallest absolute Gasteiger partial charge is 0.411 e. The highest BCUT2D eigenvalue weighted by molar-refractivity contribution is 5.84. The standard InChI is InChI=1S/C17H25NO2/c1-14(2)8-7-9-15(3)12-13-20-17(19)18-16-10-5-4-6-11-16/h4-6,8,10-11,15H,7,9,12-13H2,1-3H3,(H,18,19). The maximum Gasteiger partial charge on any atom is 0.411 e. The van der Waals surface area contributed by atoms with E-state index in [1.54, 1.807) is 0 Å². The summed E-state index contributed by atoms with van der Waals surface area (Å²) in [6.45, 7) is 6.88. The zero-order chi connectivity index (χ0) is 14.8. The second-order valence-electron chi connectivity index (χ2n) is 5.38. The predicted molar refractivity (Wildman–Crippen MR) is 83.9 cm³/mol. The van der Waals surface area contributed by atoms with E-state index in [2.05, 4.69) is 32.2 Å². The average molecular weight is 275 g/mol. The normalized spacial score (nSPS) is 11.6. The van der Waals surface area contributed by atoms with Gasteiger partial charge in [0.15, 0.2) is 0 Å². The third kappa shape index (κ3) is 7.62. The van der Waals surface area contributed by atoms with Gasteiger partial charge < -0.3 is 4.74 Å². The molecule has 0 heterocycles. The molecule has 0 saturated heterocycles. The van der Waals surface area contributed by atoms with E-state index in [0.29, 0.717) is 12.5 Å². The van der Waals surface area contributed by atoms with Crippen molar-refractivity contribution in [3.05, 3.63) is 42.0 Å². The van der Waals surface area contributed by atoms with Crippen LogP contribution in [0.15, 0.2) is 42.0 Å². The van der Waals surface area contributed by atoms with Gasteiger partial charge in [-0.25, -0.2) is 4.79 Å². The van der Waals surface area contributed by atoms with E-state index >= 15 is 0 Å². The number of allylic oxidation sites excluding steroid dienone is 2. The first kappa shape index (κ1) is 16.3. The topological polar surface area (TPSA) is 38.3 Å². The van der Waals surface area contributed by atoms with Crippen molar-refractivity contribution in [2.24, 2.45) is 5.92 Å². The number of carbonyl (C=O) groups is 1. The molecule has 1 amide bonds. The SMILES string of the molecule is CC(C)=CCCC(C)CCOC(=O)Nc1ccccc1. The average Bonchev–Trinajstić information content (AvgIpc) is 2.39. The van der Waals surface area contributed by atoms with Gasteiger partial charge in [-0.2, -0.15) is 0 Å². The molecule has 1 N–H and O–H groups in total. The molecule has 1 unspecified atom stereocenters. The molecule has 3 nitrogen and oxygen atoms in total. The van der Waals surface area contributed by atoms with E-state index in [1.165, 1.54) is 5.57 Å². The molecule has 110 valence electrons.